The molecule has 0 saturated carbocycles. The van der Waals surface area contributed by atoms with E-state index in [1.807, 2.05) is 13.8 Å². The second-order valence-corrected chi connectivity index (χ2v) is 5.57. The van der Waals surface area contributed by atoms with E-state index in [2.05, 4.69) is 5.32 Å². The van der Waals surface area contributed by atoms with Crippen LogP contribution in [0.3, 0.4) is 0 Å². The summed E-state index contributed by atoms with van der Waals surface area (Å²) in [5.41, 5.74) is 0.823. The lowest BCUT2D eigenvalue weighted by Crippen LogP contribution is -2.37. The van der Waals surface area contributed by atoms with Crippen LogP contribution in [-0.2, 0) is 4.79 Å². The zero-order valence-corrected chi connectivity index (χ0v) is 14.6. The van der Waals surface area contributed by atoms with Crippen LogP contribution >= 0.6 is 0 Å². The smallest absolute Gasteiger partial charge is 0.321 e. The monoisotopic (exact) mass is 335 g/mol. The van der Waals surface area contributed by atoms with Gasteiger partial charge in [0.25, 0.3) is 5.91 Å². The van der Waals surface area contributed by atoms with E-state index in [1.165, 1.54) is 18.9 Å². The number of hydrogen-bond donors (Lipinski definition) is 2. The molecule has 132 valence electrons. The molecule has 24 heavy (non-hydrogen) atoms. The Morgan fingerprint density at radius 2 is 1.75 bits per heavy atom. The van der Waals surface area contributed by atoms with E-state index in [0.29, 0.717) is 24.3 Å². The highest BCUT2D eigenvalue weighted by Crippen LogP contribution is 2.18. The van der Waals surface area contributed by atoms with Gasteiger partial charge in [-0.05, 0) is 26.0 Å². The first-order chi connectivity index (χ1) is 11.3. The van der Waals surface area contributed by atoms with Gasteiger partial charge in [0.1, 0.15) is 0 Å². The molecule has 1 rings (SSSR count). The zero-order chi connectivity index (χ0) is 18.3. The molecule has 1 aromatic rings. The number of aliphatic carboxylic acids is 1. The fraction of sp³-hybridized carbons (Fsp3) is 0.471. The van der Waals surface area contributed by atoms with Gasteiger partial charge in [-0.2, -0.15) is 0 Å². The number of carboxylic acids is 1. The second kappa shape index (κ2) is 8.90. The van der Waals surface area contributed by atoms with E-state index in [0.717, 1.165) is 0 Å². The molecular weight excluding hydrogens is 310 g/mol. The van der Waals surface area contributed by atoms with Gasteiger partial charge in [-0.3, -0.25) is 9.59 Å². The predicted molar refractivity (Wildman–Crippen MR) is 92.1 cm³/mol. The van der Waals surface area contributed by atoms with Crippen molar-refractivity contribution in [3.05, 3.63) is 29.8 Å². The van der Waals surface area contributed by atoms with Crippen LogP contribution in [0.4, 0.5) is 10.5 Å². The Balaban J connectivity index is 2.90. The number of nitrogens with zero attached hydrogens (tertiary/aromatic N) is 2. The van der Waals surface area contributed by atoms with Crippen LogP contribution < -0.4 is 5.32 Å². The number of amides is 3. The van der Waals surface area contributed by atoms with Gasteiger partial charge in [0.2, 0.25) is 0 Å². The van der Waals surface area contributed by atoms with Crippen molar-refractivity contribution in [2.75, 3.05) is 32.0 Å². The minimum atomic E-state index is -0.966. The first-order valence-corrected chi connectivity index (χ1v) is 7.94. The van der Waals surface area contributed by atoms with Crippen LogP contribution in [0.5, 0.6) is 0 Å². The van der Waals surface area contributed by atoms with Gasteiger partial charge in [0.05, 0.1) is 17.2 Å². The molecule has 1 aromatic carbocycles. The molecule has 2 N–H and O–H groups in total. The summed E-state index contributed by atoms with van der Waals surface area (Å²) >= 11 is 0. The summed E-state index contributed by atoms with van der Waals surface area (Å²) < 4.78 is 0. The van der Waals surface area contributed by atoms with Gasteiger partial charge in [-0.1, -0.05) is 19.1 Å². The maximum atomic E-state index is 12.5. The van der Waals surface area contributed by atoms with Crippen molar-refractivity contribution in [3.8, 4) is 0 Å². The minimum absolute atomic E-state index is 0.0767. The molecule has 0 aliphatic rings. The fourth-order valence-electron chi connectivity index (χ4n) is 2.24. The summed E-state index contributed by atoms with van der Waals surface area (Å²) in [6.07, 6.45) is 0. The third-order valence-corrected chi connectivity index (χ3v) is 3.77. The van der Waals surface area contributed by atoms with Crippen molar-refractivity contribution in [3.63, 3.8) is 0 Å². The molecule has 7 nitrogen and oxygen atoms in total. The summed E-state index contributed by atoms with van der Waals surface area (Å²) in [4.78, 5) is 38.6. The first kappa shape index (κ1) is 19.5. The van der Waals surface area contributed by atoms with Crippen molar-refractivity contribution < 1.29 is 19.5 Å². The Morgan fingerprint density at radius 3 is 2.29 bits per heavy atom. The van der Waals surface area contributed by atoms with Crippen molar-refractivity contribution >= 4 is 23.6 Å². The van der Waals surface area contributed by atoms with Gasteiger partial charge in [0, 0.05) is 26.7 Å². The lowest BCUT2D eigenvalue weighted by molar-refractivity contribution is -0.141. The summed E-state index contributed by atoms with van der Waals surface area (Å²) in [6, 6.07) is 6.33. The second-order valence-electron chi connectivity index (χ2n) is 5.57. The molecule has 0 saturated heterocycles. The molecule has 0 fully saturated rings. The highest BCUT2D eigenvalue weighted by Gasteiger charge is 2.20. The highest BCUT2D eigenvalue weighted by molar-refractivity contribution is 6.03. The lowest BCUT2D eigenvalue weighted by atomic mass is 10.1. The number of rotatable bonds is 7. The van der Waals surface area contributed by atoms with Crippen LogP contribution in [0.15, 0.2) is 24.3 Å². The molecule has 0 aliphatic heterocycles. The zero-order valence-electron chi connectivity index (χ0n) is 14.6. The Labute approximate surface area is 142 Å². The number of urea groups is 1. The van der Waals surface area contributed by atoms with Gasteiger partial charge in [-0.15, -0.1) is 0 Å². The van der Waals surface area contributed by atoms with Crippen LogP contribution in [0.2, 0.25) is 0 Å². The molecule has 0 aliphatic carbocycles. The van der Waals surface area contributed by atoms with Gasteiger partial charge in [0.15, 0.2) is 0 Å². The fourth-order valence-corrected chi connectivity index (χ4v) is 2.24. The predicted octanol–water partition coefficient (Wildman–Crippen LogP) is 2.35. The average Bonchev–Trinajstić information content (AvgIpc) is 2.56. The third kappa shape index (κ3) is 4.97. The topological polar surface area (TPSA) is 90.0 Å². The first-order valence-electron chi connectivity index (χ1n) is 7.94. The molecule has 0 heterocycles. The van der Waals surface area contributed by atoms with E-state index in [1.54, 1.807) is 29.2 Å². The summed E-state index contributed by atoms with van der Waals surface area (Å²) in [7, 11) is 1.52. The summed E-state index contributed by atoms with van der Waals surface area (Å²) in [5, 5.41) is 11.6. The molecule has 7 heteroatoms. The largest absolute Gasteiger partial charge is 0.481 e. The Kier molecular flexibility index (Phi) is 7.23. The maximum Gasteiger partial charge on any atom is 0.321 e. The van der Waals surface area contributed by atoms with Crippen molar-refractivity contribution in [2.45, 2.75) is 20.8 Å². The number of carbonyl (C=O) groups excluding carboxylic acids is 2. The Bertz CT molecular complexity index is 599. The van der Waals surface area contributed by atoms with Crippen LogP contribution in [0.1, 0.15) is 31.1 Å². The molecule has 1 unspecified atom stereocenters. The number of para-hydroxylation sites is 1. The van der Waals surface area contributed by atoms with Gasteiger partial charge < -0.3 is 20.2 Å². The molecular formula is C17H25N3O4. The van der Waals surface area contributed by atoms with E-state index < -0.39 is 17.9 Å². The molecule has 1 atom stereocenters. The van der Waals surface area contributed by atoms with E-state index in [4.69, 9.17) is 5.11 Å². The Hall–Kier alpha value is -2.57. The number of anilines is 1. The van der Waals surface area contributed by atoms with Crippen LogP contribution in [-0.4, -0.2) is 59.5 Å². The summed E-state index contributed by atoms with van der Waals surface area (Å²) in [5.74, 6) is -1.79. The number of benzene rings is 1. The molecule has 3 amide bonds. The quantitative estimate of drug-likeness (QED) is 0.800. The van der Waals surface area contributed by atoms with E-state index >= 15 is 0 Å². The van der Waals surface area contributed by atoms with Crippen molar-refractivity contribution in [1.29, 1.82) is 0 Å². The molecule has 0 bridgehead atoms. The SMILES string of the molecule is CCN(CC)C(=O)c1ccccc1NC(=O)N(C)CC(C)C(=O)O. The molecule has 0 aromatic heterocycles. The van der Waals surface area contributed by atoms with Crippen molar-refractivity contribution in [2.24, 2.45) is 5.92 Å². The third-order valence-electron chi connectivity index (χ3n) is 3.77. The standard InChI is InChI=1S/C17H25N3O4/c1-5-20(6-2)15(21)13-9-7-8-10-14(13)18-17(24)19(4)11-12(3)16(22)23/h7-10,12H,5-6,11H2,1-4H3,(H,18,24)(H,22,23). The number of nitrogens with one attached hydrogen (secondary N) is 1. The number of carboxylic acid groups (broad SMARTS) is 1. The van der Waals surface area contributed by atoms with Crippen LogP contribution in [0, 0.1) is 5.92 Å². The number of carbonyl (C=O) groups is 3. The van der Waals surface area contributed by atoms with Crippen LogP contribution in [0.25, 0.3) is 0 Å². The summed E-state index contributed by atoms with van der Waals surface area (Å²) in [6.45, 7) is 6.55. The van der Waals surface area contributed by atoms with Crippen molar-refractivity contribution in [1.82, 2.24) is 9.80 Å². The molecule has 0 spiro atoms. The normalized spacial score (nSPS) is 11.5. The Morgan fingerprint density at radius 1 is 1.17 bits per heavy atom. The number of hydrogen-bond acceptors (Lipinski definition) is 3. The van der Waals surface area contributed by atoms with Gasteiger partial charge in [-0.25, -0.2) is 4.79 Å². The average molecular weight is 335 g/mol. The minimum Gasteiger partial charge on any atom is -0.481 e. The van der Waals surface area contributed by atoms with E-state index in [9.17, 15) is 14.4 Å². The molecule has 0 radical (unpaired) electrons. The maximum absolute atomic E-state index is 12.5. The van der Waals surface area contributed by atoms with Gasteiger partial charge >= 0.3 is 12.0 Å². The lowest BCUT2D eigenvalue weighted by Gasteiger charge is -2.23. The van der Waals surface area contributed by atoms with E-state index in [-0.39, 0.29) is 12.5 Å². The highest BCUT2D eigenvalue weighted by atomic mass is 16.4.